The van der Waals surface area contributed by atoms with Gasteiger partial charge in [0, 0.05) is 12.3 Å². The molecule has 1 N–H and O–H groups in total. The predicted molar refractivity (Wildman–Crippen MR) is 81.9 cm³/mol. The molecule has 0 radical (unpaired) electrons. The summed E-state index contributed by atoms with van der Waals surface area (Å²) in [6.07, 6.45) is 1.25. The van der Waals surface area contributed by atoms with E-state index in [0.717, 1.165) is 16.8 Å². The summed E-state index contributed by atoms with van der Waals surface area (Å²) in [5, 5.41) is 2.97. The molecule has 112 valence electrons. The number of esters is 1. The molecule has 0 bridgehead atoms. The molecule has 2 heterocycles. The first kappa shape index (κ1) is 14.1. The highest BCUT2D eigenvalue weighted by molar-refractivity contribution is 5.88. The van der Waals surface area contributed by atoms with Gasteiger partial charge in [-0.3, -0.25) is 9.89 Å². The molecule has 0 aliphatic carbocycles. The lowest BCUT2D eigenvalue weighted by Gasteiger charge is -2.01. The first-order valence-corrected chi connectivity index (χ1v) is 6.95. The zero-order valence-electron chi connectivity index (χ0n) is 12.3. The first-order valence-electron chi connectivity index (χ1n) is 6.95. The van der Waals surface area contributed by atoms with Crippen LogP contribution in [0.25, 0.3) is 16.9 Å². The maximum atomic E-state index is 12.3. The van der Waals surface area contributed by atoms with Gasteiger partial charge in [-0.1, -0.05) is 29.8 Å². The predicted octanol–water partition coefficient (Wildman–Crippen LogP) is 2.17. The van der Waals surface area contributed by atoms with Crippen molar-refractivity contribution in [2.75, 3.05) is 6.61 Å². The van der Waals surface area contributed by atoms with Gasteiger partial charge in [-0.25, -0.2) is 14.3 Å². The largest absolute Gasteiger partial charge is 0.462 e. The number of hydrogen-bond donors (Lipinski definition) is 1. The molecule has 0 spiro atoms. The molecule has 0 saturated heterocycles. The van der Waals surface area contributed by atoms with E-state index in [1.807, 2.05) is 31.2 Å². The molecular formula is C16H15N3O3. The SMILES string of the molecule is CCOC(=O)c1cnc2cc(-c3ccc(C)cc3)[nH]n2c1=O. The number of fused-ring (bicyclic) bond motifs is 1. The van der Waals surface area contributed by atoms with Gasteiger partial charge >= 0.3 is 5.97 Å². The second-order valence-corrected chi connectivity index (χ2v) is 4.93. The molecule has 6 nitrogen and oxygen atoms in total. The third kappa shape index (κ3) is 2.39. The highest BCUT2D eigenvalue weighted by atomic mass is 16.5. The Bertz CT molecular complexity index is 891. The lowest BCUT2D eigenvalue weighted by molar-refractivity contribution is 0.0523. The van der Waals surface area contributed by atoms with Crippen LogP contribution < -0.4 is 5.56 Å². The Labute approximate surface area is 126 Å². The molecule has 0 amide bonds. The van der Waals surface area contributed by atoms with Crippen LogP contribution in [-0.2, 0) is 4.74 Å². The molecule has 0 aliphatic rings. The van der Waals surface area contributed by atoms with E-state index in [-0.39, 0.29) is 12.2 Å². The van der Waals surface area contributed by atoms with E-state index in [2.05, 4.69) is 10.1 Å². The smallest absolute Gasteiger partial charge is 0.345 e. The van der Waals surface area contributed by atoms with Crippen molar-refractivity contribution in [1.82, 2.24) is 14.6 Å². The van der Waals surface area contributed by atoms with E-state index in [9.17, 15) is 9.59 Å². The topological polar surface area (TPSA) is 76.5 Å². The van der Waals surface area contributed by atoms with Gasteiger partial charge in [-0.05, 0) is 19.4 Å². The third-order valence-electron chi connectivity index (χ3n) is 3.35. The van der Waals surface area contributed by atoms with Gasteiger partial charge in [0.05, 0.1) is 12.3 Å². The van der Waals surface area contributed by atoms with E-state index in [4.69, 9.17) is 4.74 Å². The van der Waals surface area contributed by atoms with Gasteiger partial charge in [0.25, 0.3) is 5.56 Å². The van der Waals surface area contributed by atoms with Crippen LogP contribution in [0.1, 0.15) is 22.8 Å². The van der Waals surface area contributed by atoms with E-state index in [1.165, 1.54) is 10.7 Å². The number of benzene rings is 1. The number of aryl methyl sites for hydroxylation is 1. The maximum absolute atomic E-state index is 12.3. The number of H-pyrrole nitrogens is 1. The van der Waals surface area contributed by atoms with Crippen molar-refractivity contribution in [1.29, 1.82) is 0 Å². The van der Waals surface area contributed by atoms with Crippen LogP contribution in [0, 0.1) is 6.92 Å². The Balaban J connectivity index is 2.10. The van der Waals surface area contributed by atoms with Crippen LogP contribution in [-0.4, -0.2) is 27.2 Å². The zero-order chi connectivity index (χ0) is 15.7. The number of aromatic amines is 1. The average Bonchev–Trinajstić information content (AvgIpc) is 2.93. The minimum atomic E-state index is -0.666. The van der Waals surface area contributed by atoms with Gasteiger partial charge < -0.3 is 4.74 Å². The van der Waals surface area contributed by atoms with Crippen molar-refractivity contribution in [2.45, 2.75) is 13.8 Å². The van der Waals surface area contributed by atoms with Crippen molar-refractivity contribution in [2.24, 2.45) is 0 Å². The Morgan fingerprint density at radius 2 is 2.05 bits per heavy atom. The Morgan fingerprint density at radius 1 is 1.32 bits per heavy atom. The van der Waals surface area contributed by atoms with Crippen molar-refractivity contribution in [3.8, 4) is 11.3 Å². The van der Waals surface area contributed by atoms with Gasteiger partial charge in [0.15, 0.2) is 5.65 Å². The molecule has 0 fully saturated rings. The van der Waals surface area contributed by atoms with Crippen molar-refractivity contribution >= 4 is 11.6 Å². The third-order valence-corrected chi connectivity index (χ3v) is 3.35. The standard InChI is InChI=1S/C16H15N3O3/c1-3-22-16(21)12-9-17-14-8-13(18-19(14)15(12)20)11-6-4-10(2)5-7-11/h4-9,18H,3H2,1-2H3. The van der Waals surface area contributed by atoms with Gasteiger partial charge in [-0.2, -0.15) is 0 Å². The molecule has 22 heavy (non-hydrogen) atoms. The fourth-order valence-corrected chi connectivity index (χ4v) is 2.19. The number of nitrogens with zero attached hydrogens (tertiary/aromatic N) is 2. The number of nitrogens with one attached hydrogen (secondary N) is 1. The van der Waals surface area contributed by atoms with E-state index < -0.39 is 11.5 Å². The van der Waals surface area contributed by atoms with Crippen LogP contribution in [0.3, 0.4) is 0 Å². The number of rotatable bonds is 3. The first-order chi connectivity index (χ1) is 10.6. The zero-order valence-corrected chi connectivity index (χ0v) is 12.3. The summed E-state index contributed by atoms with van der Waals surface area (Å²) in [5.74, 6) is -0.666. The second-order valence-electron chi connectivity index (χ2n) is 4.93. The second kappa shape index (κ2) is 5.48. The fraction of sp³-hybridized carbons (Fsp3) is 0.188. The average molecular weight is 297 g/mol. The summed E-state index contributed by atoms with van der Waals surface area (Å²) in [5.41, 5.74) is 2.74. The lowest BCUT2D eigenvalue weighted by Crippen LogP contribution is -2.24. The Hall–Kier alpha value is -2.89. The van der Waals surface area contributed by atoms with Crippen LogP contribution >= 0.6 is 0 Å². The number of carbonyl (C=O) groups is 1. The van der Waals surface area contributed by atoms with Crippen LogP contribution in [0.15, 0.2) is 41.3 Å². The van der Waals surface area contributed by atoms with Gasteiger partial charge in [0.2, 0.25) is 0 Å². The lowest BCUT2D eigenvalue weighted by atomic mass is 10.1. The molecule has 2 aromatic heterocycles. The summed E-state index contributed by atoms with van der Waals surface area (Å²) in [7, 11) is 0. The molecule has 0 aliphatic heterocycles. The fourth-order valence-electron chi connectivity index (χ4n) is 2.19. The van der Waals surface area contributed by atoms with Crippen molar-refractivity contribution < 1.29 is 9.53 Å². The number of aromatic nitrogens is 3. The summed E-state index contributed by atoms with van der Waals surface area (Å²) >= 11 is 0. The summed E-state index contributed by atoms with van der Waals surface area (Å²) < 4.78 is 6.11. The minimum Gasteiger partial charge on any atom is -0.462 e. The van der Waals surface area contributed by atoms with E-state index in [1.54, 1.807) is 13.0 Å². The quantitative estimate of drug-likeness (QED) is 0.752. The minimum absolute atomic E-state index is 0.0864. The van der Waals surface area contributed by atoms with E-state index in [0.29, 0.717) is 5.65 Å². The monoisotopic (exact) mass is 297 g/mol. The number of carbonyl (C=O) groups excluding carboxylic acids is 1. The summed E-state index contributed by atoms with van der Waals surface area (Å²) in [6.45, 7) is 3.90. The van der Waals surface area contributed by atoms with Gasteiger partial charge in [-0.15, -0.1) is 0 Å². The normalized spacial score (nSPS) is 10.8. The molecule has 3 aromatic rings. The molecule has 6 heteroatoms. The van der Waals surface area contributed by atoms with Crippen molar-refractivity contribution in [3.05, 3.63) is 58.0 Å². The molecule has 0 atom stereocenters. The molecule has 0 unspecified atom stereocenters. The maximum Gasteiger partial charge on any atom is 0.345 e. The summed E-state index contributed by atoms with van der Waals surface area (Å²) in [6, 6.07) is 9.65. The highest BCUT2D eigenvalue weighted by Gasteiger charge is 2.15. The van der Waals surface area contributed by atoms with Crippen molar-refractivity contribution in [3.63, 3.8) is 0 Å². The number of hydrogen-bond acceptors (Lipinski definition) is 4. The summed E-state index contributed by atoms with van der Waals surface area (Å²) in [4.78, 5) is 28.2. The van der Waals surface area contributed by atoms with Crippen LogP contribution in [0.2, 0.25) is 0 Å². The highest BCUT2D eigenvalue weighted by Crippen LogP contribution is 2.18. The van der Waals surface area contributed by atoms with Crippen LogP contribution in [0.4, 0.5) is 0 Å². The molecular weight excluding hydrogens is 282 g/mol. The van der Waals surface area contributed by atoms with E-state index >= 15 is 0 Å². The molecule has 1 aromatic carbocycles. The molecule has 3 rings (SSSR count). The molecule has 0 saturated carbocycles. The number of ether oxygens (including phenoxy) is 1. The Morgan fingerprint density at radius 3 is 2.73 bits per heavy atom. The van der Waals surface area contributed by atoms with Crippen LogP contribution in [0.5, 0.6) is 0 Å². The Kier molecular flexibility index (Phi) is 3.50. The van der Waals surface area contributed by atoms with Gasteiger partial charge in [0.1, 0.15) is 5.56 Å².